The van der Waals surface area contributed by atoms with Crippen LogP contribution in [0.2, 0.25) is 5.15 Å². The molecule has 24 heavy (non-hydrogen) atoms. The highest BCUT2D eigenvalue weighted by Gasteiger charge is 2.26. The molecular weight excluding hydrogens is 328 g/mol. The summed E-state index contributed by atoms with van der Waals surface area (Å²) in [6.45, 7) is 3.90. The smallest absolute Gasteiger partial charge is 0.257 e. The van der Waals surface area contributed by atoms with Gasteiger partial charge in [-0.05, 0) is 31.2 Å². The molecule has 0 saturated carbocycles. The van der Waals surface area contributed by atoms with Crippen LogP contribution in [0.15, 0.2) is 42.6 Å². The van der Waals surface area contributed by atoms with Crippen molar-refractivity contribution in [3.8, 4) is 5.75 Å². The van der Waals surface area contributed by atoms with Crippen LogP contribution in [0.4, 0.5) is 0 Å². The van der Waals surface area contributed by atoms with Crippen LogP contribution in [0, 0.1) is 6.92 Å². The van der Waals surface area contributed by atoms with E-state index < -0.39 is 0 Å². The van der Waals surface area contributed by atoms with Gasteiger partial charge in [-0.3, -0.25) is 4.79 Å². The number of ether oxygens (including phenoxy) is 2. The number of pyridine rings is 1. The summed E-state index contributed by atoms with van der Waals surface area (Å²) in [5.74, 6) is 0.666. The van der Waals surface area contributed by atoms with Gasteiger partial charge in [0.25, 0.3) is 5.91 Å². The molecule has 3 rings (SSSR count). The number of carbonyl (C=O) groups excluding carboxylic acids is 1. The summed E-state index contributed by atoms with van der Waals surface area (Å²) >= 11 is 6.01. The Labute approximate surface area is 146 Å². The maximum atomic E-state index is 12.6. The molecule has 0 unspecified atom stereocenters. The Morgan fingerprint density at radius 2 is 2.17 bits per heavy atom. The van der Waals surface area contributed by atoms with Gasteiger partial charge in [-0.2, -0.15) is 0 Å². The number of hydrogen-bond acceptors (Lipinski definition) is 4. The zero-order valence-corrected chi connectivity index (χ0v) is 14.2. The van der Waals surface area contributed by atoms with Crippen LogP contribution in [-0.2, 0) is 4.74 Å². The summed E-state index contributed by atoms with van der Waals surface area (Å²) < 4.78 is 11.5. The second kappa shape index (κ2) is 7.64. The van der Waals surface area contributed by atoms with E-state index in [2.05, 4.69) is 4.98 Å². The molecule has 0 radical (unpaired) electrons. The fraction of sp³-hybridized carbons (Fsp3) is 0.333. The van der Waals surface area contributed by atoms with Gasteiger partial charge in [-0.1, -0.05) is 29.3 Å². The molecule has 1 atom stereocenters. The van der Waals surface area contributed by atoms with Gasteiger partial charge < -0.3 is 14.4 Å². The maximum absolute atomic E-state index is 12.6. The predicted molar refractivity (Wildman–Crippen MR) is 91.6 cm³/mol. The number of rotatable bonds is 4. The van der Waals surface area contributed by atoms with Crippen molar-refractivity contribution in [2.24, 2.45) is 0 Å². The number of aryl methyl sites for hydroxylation is 1. The number of amides is 1. The van der Waals surface area contributed by atoms with E-state index in [1.807, 2.05) is 31.2 Å². The van der Waals surface area contributed by atoms with E-state index in [-0.39, 0.29) is 17.2 Å². The molecule has 1 saturated heterocycles. The largest absolute Gasteiger partial charge is 0.491 e. The van der Waals surface area contributed by atoms with Crippen molar-refractivity contribution in [2.75, 3.05) is 26.3 Å². The number of hydrogen-bond donors (Lipinski definition) is 0. The summed E-state index contributed by atoms with van der Waals surface area (Å²) in [5.41, 5.74) is 1.60. The second-order valence-electron chi connectivity index (χ2n) is 5.71. The summed E-state index contributed by atoms with van der Waals surface area (Å²) in [6, 6.07) is 11.2. The number of aromatic nitrogens is 1. The third-order valence-electron chi connectivity index (χ3n) is 3.87. The summed E-state index contributed by atoms with van der Waals surface area (Å²) in [7, 11) is 0. The highest BCUT2D eigenvalue weighted by molar-refractivity contribution is 6.32. The first kappa shape index (κ1) is 16.7. The number of nitrogens with zero attached hydrogens (tertiary/aromatic N) is 2. The molecule has 5 nitrogen and oxygen atoms in total. The van der Waals surface area contributed by atoms with Gasteiger partial charge in [-0.15, -0.1) is 0 Å². The monoisotopic (exact) mass is 346 g/mol. The first-order chi connectivity index (χ1) is 11.6. The number of halogens is 1. The molecule has 1 aliphatic heterocycles. The lowest BCUT2D eigenvalue weighted by atomic mass is 10.2. The number of carbonyl (C=O) groups is 1. The topological polar surface area (TPSA) is 51.7 Å². The number of morpholine rings is 1. The lowest BCUT2D eigenvalue weighted by molar-refractivity contribution is -0.0401. The molecule has 126 valence electrons. The normalized spacial score (nSPS) is 17.6. The minimum absolute atomic E-state index is 0.128. The second-order valence-corrected chi connectivity index (χ2v) is 6.07. The molecule has 0 aliphatic carbocycles. The molecule has 2 aromatic rings. The first-order valence-corrected chi connectivity index (χ1v) is 8.22. The van der Waals surface area contributed by atoms with Crippen LogP contribution in [-0.4, -0.2) is 48.2 Å². The zero-order valence-electron chi connectivity index (χ0n) is 13.4. The fourth-order valence-electron chi connectivity index (χ4n) is 2.54. The van der Waals surface area contributed by atoms with Crippen LogP contribution in [0.25, 0.3) is 0 Å². The molecule has 1 fully saturated rings. The molecule has 1 aromatic carbocycles. The molecule has 2 heterocycles. The summed E-state index contributed by atoms with van der Waals surface area (Å²) in [4.78, 5) is 18.3. The molecule has 1 aliphatic rings. The van der Waals surface area contributed by atoms with Crippen LogP contribution < -0.4 is 4.74 Å². The highest BCUT2D eigenvalue weighted by atomic mass is 35.5. The predicted octanol–water partition coefficient (Wildman–Crippen LogP) is 2.96. The van der Waals surface area contributed by atoms with Gasteiger partial charge in [0.1, 0.15) is 23.6 Å². The lowest BCUT2D eigenvalue weighted by Gasteiger charge is -2.33. The van der Waals surface area contributed by atoms with E-state index in [9.17, 15) is 4.79 Å². The van der Waals surface area contributed by atoms with Crippen LogP contribution in [0.3, 0.4) is 0 Å². The van der Waals surface area contributed by atoms with Gasteiger partial charge >= 0.3 is 0 Å². The van der Waals surface area contributed by atoms with Crippen LogP contribution in [0.1, 0.15) is 15.9 Å². The van der Waals surface area contributed by atoms with E-state index in [0.29, 0.717) is 31.9 Å². The molecule has 0 N–H and O–H groups in total. The van der Waals surface area contributed by atoms with Gasteiger partial charge in [0, 0.05) is 12.7 Å². The van der Waals surface area contributed by atoms with Crippen molar-refractivity contribution >= 4 is 17.5 Å². The van der Waals surface area contributed by atoms with E-state index in [0.717, 1.165) is 5.75 Å². The Kier molecular flexibility index (Phi) is 5.33. The van der Waals surface area contributed by atoms with Crippen LogP contribution in [0.5, 0.6) is 5.75 Å². The van der Waals surface area contributed by atoms with Crippen molar-refractivity contribution in [2.45, 2.75) is 13.0 Å². The van der Waals surface area contributed by atoms with Crippen molar-refractivity contribution < 1.29 is 14.3 Å². The summed E-state index contributed by atoms with van der Waals surface area (Å²) in [5, 5.41) is 0.224. The Hall–Kier alpha value is -2.11. The van der Waals surface area contributed by atoms with E-state index in [4.69, 9.17) is 21.1 Å². The molecule has 1 aromatic heterocycles. The third kappa shape index (κ3) is 4.04. The average Bonchev–Trinajstić information content (AvgIpc) is 2.61. The Balaban J connectivity index is 1.59. The highest BCUT2D eigenvalue weighted by Crippen LogP contribution is 2.17. The fourth-order valence-corrected chi connectivity index (χ4v) is 2.74. The minimum atomic E-state index is -0.167. The number of benzene rings is 1. The van der Waals surface area contributed by atoms with Crippen molar-refractivity contribution in [3.63, 3.8) is 0 Å². The van der Waals surface area contributed by atoms with Crippen LogP contribution >= 0.6 is 11.6 Å². The van der Waals surface area contributed by atoms with Gasteiger partial charge in [-0.25, -0.2) is 4.98 Å². The average molecular weight is 347 g/mol. The standard InChI is InChI=1S/C18H19ClN2O3/c1-13-4-6-14(7-5-13)24-12-15-11-21(9-10-23-15)18(22)16-3-2-8-20-17(16)19/h2-8,15H,9-12H2,1H3/t15-/m0/s1. The SMILES string of the molecule is Cc1ccc(OC[C@@H]2CN(C(=O)c3cccnc3Cl)CCO2)cc1. The van der Waals surface area contributed by atoms with Gasteiger partial charge in [0.2, 0.25) is 0 Å². The van der Waals surface area contributed by atoms with Gasteiger partial charge in [0.15, 0.2) is 0 Å². The minimum Gasteiger partial charge on any atom is -0.491 e. The quantitative estimate of drug-likeness (QED) is 0.799. The van der Waals surface area contributed by atoms with E-state index in [1.165, 1.54) is 5.56 Å². The van der Waals surface area contributed by atoms with Gasteiger partial charge in [0.05, 0.1) is 18.7 Å². The molecular formula is C18H19ClN2O3. The van der Waals surface area contributed by atoms with E-state index >= 15 is 0 Å². The Morgan fingerprint density at radius 3 is 2.92 bits per heavy atom. The van der Waals surface area contributed by atoms with E-state index in [1.54, 1.807) is 23.2 Å². The lowest BCUT2D eigenvalue weighted by Crippen LogP contribution is -2.47. The van der Waals surface area contributed by atoms with Crippen molar-refractivity contribution in [1.29, 1.82) is 0 Å². The summed E-state index contributed by atoms with van der Waals surface area (Å²) in [6.07, 6.45) is 1.40. The third-order valence-corrected chi connectivity index (χ3v) is 4.17. The van der Waals surface area contributed by atoms with Crippen molar-refractivity contribution in [3.05, 3.63) is 58.9 Å². The molecule has 0 spiro atoms. The zero-order chi connectivity index (χ0) is 16.9. The Morgan fingerprint density at radius 1 is 1.38 bits per heavy atom. The Bertz CT molecular complexity index is 706. The van der Waals surface area contributed by atoms with Crippen molar-refractivity contribution in [1.82, 2.24) is 9.88 Å². The molecule has 6 heteroatoms. The molecule has 0 bridgehead atoms. The first-order valence-electron chi connectivity index (χ1n) is 7.84. The molecule has 1 amide bonds. The maximum Gasteiger partial charge on any atom is 0.257 e.